The molecule has 0 aliphatic heterocycles. The molecule has 0 amide bonds. The van der Waals surface area contributed by atoms with E-state index >= 15 is 0 Å². The van der Waals surface area contributed by atoms with Gasteiger partial charge in [0.1, 0.15) is 5.82 Å². The molecule has 0 atom stereocenters. The summed E-state index contributed by atoms with van der Waals surface area (Å²) in [6, 6.07) is 4.99. The minimum absolute atomic E-state index is 0.183. The van der Waals surface area contributed by atoms with E-state index in [0.29, 0.717) is 18.5 Å². The minimum atomic E-state index is -0.183. The Morgan fingerprint density at radius 3 is 2.92 bits per heavy atom. The Hall–Kier alpha value is -1.36. The number of rotatable bonds is 2. The zero-order valence-electron chi connectivity index (χ0n) is 6.97. The van der Waals surface area contributed by atoms with Crippen LogP contribution in [0.3, 0.4) is 0 Å². The van der Waals surface area contributed by atoms with E-state index in [9.17, 15) is 4.39 Å². The van der Waals surface area contributed by atoms with E-state index in [2.05, 4.69) is 4.85 Å². The first-order chi connectivity index (χ1) is 5.75. The summed E-state index contributed by atoms with van der Waals surface area (Å²) in [6.07, 6.45) is 0.646. The van der Waals surface area contributed by atoms with Crippen LogP contribution in [0.15, 0.2) is 18.2 Å². The molecule has 0 N–H and O–H groups in total. The average Bonchev–Trinajstić information content (AvgIpc) is 2.08. The summed E-state index contributed by atoms with van der Waals surface area (Å²) < 4.78 is 12.9. The van der Waals surface area contributed by atoms with Crippen molar-refractivity contribution < 1.29 is 4.39 Å². The van der Waals surface area contributed by atoms with Crippen LogP contribution in [-0.4, -0.2) is 6.54 Å². The summed E-state index contributed by atoms with van der Waals surface area (Å²) >= 11 is 0. The molecule has 0 aromatic heterocycles. The van der Waals surface area contributed by atoms with E-state index in [1.165, 1.54) is 6.07 Å². The highest BCUT2D eigenvalue weighted by molar-refractivity contribution is 5.27. The fourth-order valence-electron chi connectivity index (χ4n) is 1.10. The molecule has 1 nitrogen and oxygen atoms in total. The largest absolute Gasteiger partial charge is 0.317 e. The van der Waals surface area contributed by atoms with E-state index in [4.69, 9.17) is 6.57 Å². The van der Waals surface area contributed by atoms with E-state index in [1.54, 1.807) is 13.0 Å². The zero-order valence-corrected chi connectivity index (χ0v) is 6.97. The lowest BCUT2D eigenvalue weighted by molar-refractivity contribution is 0.615. The molecule has 0 spiro atoms. The quantitative estimate of drug-likeness (QED) is 0.590. The van der Waals surface area contributed by atoms with Gasteiger partial charge in [-0.25, -0.2) is 11.0 Å². The minimum Gasteiger partial charge on any atom is -0.317 e. The molecule has 0 radical (unpaired) electrons. The maximum Gasteiger partial charge on any atom is 0.218 e. The summed E-state index contributed by atoms with van der Waals surface area (Å²) in [7, 11) is 0. The van der Waals surface area contributed by atoms with Crippen LogP contribution >= 0.6 is 0 Å². The van der Waals surface area contributed by atoms with Gasteiger partial charge in [0, 0.05) is 6.42 Å². The van der Waals surface area contributed by atoms with Crippen molar-refractivity contribution in [2.45, 2.75) is 13.3 Å². The van der Waals surface area contributed by atoms with Crippen LogP contribution in [0.25, 0.3) is 4.85 Å². The second kappa shape index (κ2) is 3.87. The monoisotopic (exact) mass is 163 g/mol. The van der Waals surface area contributed by atoms with Crippen molar-refractivity contribution in [3.8, 4) is 0 Å². The Kier molecular flexibility index (Phi) is 2.82. The molecule has 0 heterocycles. The van der Waals surface area contributed by atoms with Crippen LogP contribution in [-0.2, 0) is 6.42 Å². The highest BCUT2D eigenvalue weighted by atomic mass is 19.1. The Morgan fingerprint density at radius 2 is 2.25 bits per heavy atom. The van der Waals surface area contributed by atoms with Crippen molar-refractivity contribution in [1.29, 1.82) is 0 Å². The smallest absolute Gasteiger partial charge is 0.218 e. The fraction of sp³-hybridized carbons (Fsp3) is 0.300. The molecular formula is C10H10FN. The van der Waals surface area contributed by atoms with Gasteiger partial charge < -0.3 is 4.85 Å². The molecule has 1 aromatic carbocycles. The normalized spacial score (nSPS) is 9.42. The Labute approximate surface area is 71.7 Å². The van der Waals surface area contributed by atoms with Crippen LogP contribution in [0.4, 0.5) is 4.39 Å². The Bertz CT molecular complexity index is 312. The summed E-state index contributed by atoms with van der Waals surface area (Å²) in [6.45, 7) is 8.79. The molecule has 0 saturated heterocycles. The Morgan fingerprint density at radius 1 is 1.50 bits per heavy atom. The summed E-state index contributed by atoms with van der Waals surface area (Å²) in [4.78, 5) is 3.23. The molecular weight excluding hydrogens is 153 g/mol. The van der Waals surface area contributed by atoms with Crippen LogP contribution in [0.5, 0.6) is 0 Å². The van der Waals surface area contributed by atoms with Crippen LogP contribution in [0, 0.1) is 19.3 Å². The Balaban J connectivity index is 2.86. The van der Waals surface area contributed by atoms with E-state index in [-0.39, 0.29) is 5.82 Å². The molecule has 0 unspecified atom stereocenters. The van der Waals surface area contributed by atoms with Gasteiger partial charge in [-0.15, -0.1) is 0 Å². The van der Waals surface area contributed by atoms with Crippen LogP contribution < -0.4 is 0 Å². The first kappa shape index (κ1) is 8.73. The van der Waals surface area contributed by atoms with Crippen molar-refractivity contribution in [3.05, 3.63) is 46.6 Å². The molecule has 1 aromatic rings. The lowest BCUT2D eigenvalue weighted by Gasteiger charge is -2.01. The molecule has 0 aliphatic carbocycles. The first-order valence-electron chi connectivity index (χ1n) is 3.83. The number of hydrogen-bond donors (Lipinski definition) is 0. The highest BCUT2D eigenvalue weighted by Crippen LogP contribution is 2.12. The van der Waals surface area contributed by atoms with Gasteiger partial charge in [0.25, 0.3) is 0 Å². The number of halogens is 1. The fourth-order valence-corrected chi connectivity index (χ4v) is 1.10. The topological polar surface area (TPSA) is 4.36 Å². The van der Waals surface area contributed by atoms with Gasteiger partial charge in [0.05, 0.1) is 0 Å². The maximum absolute atomic E-state index is 12.9. The summed E-state index contributed by atoms with van der Waals surface area (Å²) in [5.41, 5.74) is 1.60. The van der Waals surface area contributed by atoms with Crippen molar-refractivity contribution in [2.24, 2.45) is 0 Å². The van der Waals surface area contributed by atoms with Crippen LogP contribution in [0.2, 0.25) is 0 Å². The second-order valence-electron chi connectivity index (χ2n) is 2.66. The number of hydrogen-bond acceptors (Lipinski definition) is 0. The third-order valence-electron chi connectivity index (χ3n) is 1.87. The van der Waals surface area contributed by atoms with Crippen LogP contribution in [0.1, 0.15) is 11.1 Å². The van der Waals surface area contributed by atoms with Gasteiger partial charge in [-0.3, -0.25) is 0 Å². The van der Waals surface area contributed by atoms with Gasteiger partial charge in [-0.2, -0.15) is 0 Å². The second-order valence-corrected chi connectivity index (χ2v) is 2.66. The standard InChI is InChI=1S/C10H10FN/c1-8-9(6-7-12-2)4-3-5-10(8)11/h3-5H,6-7H2,1H3. The predicted molar refractivity (Wildman–Crippen MR) is 46.3 cm³/mol. The molecule has 62 valence electrons. The molecule has 2 heteroatoms. The van der Waals surface area contributed by atoms with Gasteiger partial charge in [0.15, 0.2) is 0 Å². The predicted octanol–water partition coefficient (Wildman–Crippen LogP) is 2.60. The average molecular weight is 163 g/mol. The lowest BCUT2D eigenvalue weighted by atomic mass is 10.1. The summed E-state index contributed by atoms with van der Waals surface area (Å²) in [5, 5.41) is 0. The van der Waals surface area contributed by atoms with E-state index < -0.39 is 0 Å². The van der Waals surface area contributed by atoms with Crippen molar-refractivity contribution in [2.75, 3.05) is 6.54 Å². The third-order valence-corrected chi connectivity index (χ3v) is 1.87. The van der Waals surface area contributed by atoms with E-state index in [0.717, 1.165) is 5.56 Å². The number of nitrogens with zero attached hydrogens (tertiary/aromatic N) is 1. The highest BCUT2D eigenvalue weighted by Gasteiger charge is 2.03. The lowest BCUT2D eigenvalue weighted by Crippen LogP contribution is -1.94. The molecule has 0 aliphatic rings. The van der Waals surface area contributed by atoms with Crippen molar-refractivity contribution in [1.82, 2.24) is 0 Å². The van der Waals surface area contributed by atoms with Gasteiger partial charge in [0.2, 0.25) is 6.54 Å². The molecule has 0 fully saturated rings. The summed E-state index contributed by atoms with van der Waals surface area (Å²) in [5.74, 6) is -0.183. The number of benzene rings is 1. The molecule has 12 heavy (non-hydrogen) atoms. The van der Waals surface area contributed by atoms with E-state index in [1.807, 2.05) is 6.07 Å². The molecule has 0 bridgehead atoms. The van der Waals surface area contributed by atoms with Crippen molar-refractivity contribution in [3.63, 3.8) is 0 Å². The maximum atomic E-state index is 12.9. The molecule has 1 rings (SSSR count). The SMILES string of the molecule is [C-]#[N+]CCc1cccc(F)c1C. The zero-order chi connectivity index (χ0) is 8.97. The van der Waals surface area contributed by atoms with Crippen molar-refractivity contribution >= 4 is 0 Å². The van der Waals surface area contributed by atoms with Gasteiger partial charge in [-0.1, -0.05) is 12.1 Å². The first-order valence-corrected chi connectivity index (χ1v) is 3.83. The van der Waals surface area contributed by atoms with Gasteiger partial charge >= 0.3 is 0 Å². The third kappa shape index (κ3) is 1.82. The molecule has 0 saturated carbocycles. The van der Waals surface area contributed by atoms with Gasteiger partial charge in [-0.05, 0) is 24.1 Å².